The zero-order chi connectivity index (χ0) is 12.3. The lowest BCUT2D eigenvalue weighted by molar-refractivity contribution is -0.160. The Morgan fingerprint density at radius 1 is 1.56 bits per heavy atom. The fourth-order valence-electron chi connectivity index (χ4n) is 1.46. The standard InChI is InChI=1S/C12H15FO3/c1-8-4-5-9(10(13)6-8)7-12(2,15)11(14)16-3/h4-6,15H,7H2,1-3H3. The maximum absolute atomic E-state index is 13.5. The third kappa shape index (κ3) is 2.79. The molecule has 3 nitrogen and oxygen atoms in total. The van der Waals surface area contributed by atoms with E-state index >= 15 is 0 Å². The van der Waals surface area contributed by atoms with Gasteiger partial charge in [-0.05, 0) is 31.0 Å². The quantitative estimate of drug-likeness (QED) is 0.796. The molecule has 1 rings (SSSR count). The summed E-state index contributed by atoms with van der Waals surface area (Å²) in [5, 5.41) is 9.79. The fraction of sp³-hybridized carbons (Fsp3) is 0.417. The normalized spacial score (nSPS) is 14.3. The van der Waals surface area contributed by atoms with Crippen LogP contribution in [0.25, 0.3) is 0 Å². The van der Waals surface area contributed by atoms with Crippen LogP contribution in [0.1, 0.15) is 18.1 Å². The highest BCUT2D eigenvalue weighted by atomic mass is 19.1. The van der Waals surface area contributed by atoms with Gasteiger partial charge in [0.2, 0.25) is 0 Å². The molecule has 1 atom stereocenters. The van der Waals surface area contributed by atoms with Crippen LogP contribution in [0.2, 0.25) is 0 Å². The van der Waals surface area contributed by atoms with Crippen molar-refractivity contribution in [2.45, 2.75) is 25.9 Å². The molecule has 1 aromatic rings. The summed E-state index contributed by atoms with van der Waals surface area (Å²) in [4.78, 5) is 11.2. The minimum atomic E-state index is -1.70. The molecule has 0 spiro atoms. The summed E-state index contributed by atoms with van der Waals surface area (Å²) in [6.07, 6.45) is -0.105. The van der Waals surface area contributed by atoms with E-state index in [1.165, 1.54) is 20.1 Å². The zero-order valence-corrected chi connectivity index (χ0v) is 9.58. The second-order valence-corrected chi connectivity index (χ2v) is 4.04. The van der Waals surface area contributed by atoms with Gasteiger partial charge in [-0.15, -0.1) is 0 Å². The van der Waals surface area contributed by atoms with Crippen LogP contribution >= 0.6 is 0 Å². The van der Waals surface area contributed by atoms with Crippen molar-refractivity contribution in [3.05, 3.63) is 35.1 Å². The van der Waals surface area contributed by atoms with Crippen molar-refractivity contribution >= 4 is 5.97 Å². The summed E-state index contributed by atoms with van der Waals surface area (Å²) in [5.74, 6) is -1.20. The number of aryl methyl sites for hydroxylation is 1. The van der Waals surface area contributed by atoms with E-state index in [1.54, 1.807) is 19.1 Å². The molecule has 0 saturated heterocycles. The van der Waals surface area contributed by atoms with E-state index in [0.29, 0.717) is 5.56 Å². The molecular formula is C12H15FO3. The lowest BCUT2D eigenvalue weighted by atomic mass is 9.95. The van der Waals surface area contributed by atoms with Gasteiger partial charge in [-0.1, -0.05) is 12.1 Å². The van der Waals surface area contributed by atoms with Crippen LogP contribution in [0.4, 0.5) is 4.39 Å². The number of carbonyl (C=O) groups excluding carboxylic acids is 1. The van der Waals surface area contributed by atoms with E-state index in [4.69, 9.17) is 0 Å². The molecule has 0 aliphatic carbocycles. The Balaban J connectivity index is 2.92. The molecule has 16 heavy (non-hydrogen) atoms. The smallest absolute Gasteiger partial charge is 0.337 e. The lowest BCUT2D eigenvalue weighted by Gasteiger charge is -2.20. The van der Waals surface area contributed by atoms with Gasteiger partial charge in [-0.3, -0.25) is 0 Å². The first-order valence-corrected chi connectivity index (χ1v) is 4.92. The molecular weight excluding hydrogens is 211 g/mol. The fourth-order valence-corrected chi connectivity index (χ4v) is 1.46. The number of esters is 1. The molecule has 0 radical (unpaired) electrons. The van der Waals surface area contributed by atoms with Crippen molar-refractivity contribution in [1.29, 1.82) is 0 Å². The minimum Gasteiger partial charge on any atom is -0.467 e. The van der Waals surface area contributed by atoms with E-state index < -0.39 is 17.4 Å². The first kappa shape index (κ1) is 12.6. The largest absolute Gasteiger partial charge is 0.467 e. The predicted molar refractivity (Wildman–Crippen MR) is 57.5 cm³/mol. The van der Waals surface area contributed by atoms with Gasteiger partial charge in [0.15, 0.2) is 5.60 Å². The average molecular weight is 226 g/mol. The maximum atomic E-state index is 13.5. The Bertz CT molecular complexity index is 399. The molecule has 1 aromatic carbocycles. The topological polar surface area (TPSA) is 46.5 Å². The second kappa shape index (κ2) is 4.61. The first-order valence-electron chi connectivity index (χ1n) is 4.92. The third-order valence-corrected chi connectivity index (χ3v) is 2.37. The Morgan fingerprint density at radius 3 is 2.69 bits per heavy atom. The summed E-state index contributed by atoms with van der Waals surface area (Å²) in [7, 11) is 1.18. The van der Waals surface area contributed by atoms with Gasteiger partial charge in [0.25, 0.3) is 0 Å². The van der Waals surface area contributed by atoms with Gasteiger partial charge in [0.05, 0.1) is 7.11 Å². The summed E-state index contributed by atoms with van der Waals surface area (Å²) in [5.41, 5.74) is -0.620. The van der Waals surface area contributed by atoms with Crippen molar-refractivity contribution in [1.82, 2.24) is 0 Å². The highest BCUT2D eigenvalue weighted by Gasteiger charge is 2.32. The molecule has 0 aromatic heterocycles. The monoisotopic (exact) mass is 226 g/mol. The number of hydrogen-bond acceptors (Lipinski definition) is 3. The third-order valence-electron chi connectivity index (χ3n) is 2.37. The van der Waals surface area contributed by atoms with Gasteiger partial charge in [-0.2, -0.15) is 0 Å². The van der Waals surface area contributed by atoms with Crippen LogP contribution < -0.4 is 0 Å². The van der Waals surface area contributed by atoms with E-state index in [-0.39, 0.29) is 6.42 Å². The van der Waals surface area contributed by atoms with Crippen molar-refractivity contribution in [2.75, 3.05) is 7.11 Å². The zero-order valence-electron chi connectivity index (χ0n) is 9.58. The van der Waals surface area contributed by atoms with Gasteiger partial charge < -0.3 is 9.84 Å². The Labute approximate surface area is 93.9 Å². The second-order valence-electron chi connectivity index (χ2n) is 4.04. The maximum Gasteiger partial charge on any atom is 0.337 e. The van der Waals surface area contributed by atoms with Gasteiger partial charge in [-0.25, -0.2) is 9.18 Å². The number of methoxy groups -OCH3 is 1. The highest BCUT2D eigenvalue weighted by Crippen LogP contribution is 2.18. The molecule has 0 amide bonds. The van der Waals surface area contributed by atoms with Crippen LogP contribution in [-0.4, -0.2) is 23.8 Å². The summed E-state index contributed by atoms with van der Waals surface area (Å²) in [6, 6.07) is 4.65. The summed E-state index contributed by atoms with van der Waals surface area (Å²) < 4.78 is 17.9. The van der Waals surface area contributed by atoms with Crippen LogP contribution in [-0.2, 0) is 16.0 Å². The minimum absolute atomic E-state index is 0.105. The Kier molecular flexibility index (Phi) is 3.65. The van der Waals surface area contributed by atoms with E-state index in [1.807, 2.05) is 0 Å². The van der Waals surface area contributed by atoms with Crippen molar-refractivity contribution < 1.29 is 19.0 Å². The molecule has 4 heteroatoms. The predicted octanol–water partition coefficient (Wildman–Crippen LogP) is 1.60. The molecule has 0 saturated carbocycles. The van der Waals surface area contributed by atoms with Crippen LogP contribution in [0.5, 0.6) is 0 Å². The summed E-state index contributed by atoms with van der Waals surface area (Å²) >= 11 is 0. The molecule has 0 aliphatic heterocycles. The van der Waals surface area contributed by atoms with E-state index in [9.17, 15) is 14.3 Å². The van der Waals surface area contributed by atoms with Gasteiger partial charge in [0, 0.05) is 6.42 Å². The Morgan fingerprint density at radius 2 is 2.19 bits per heavy atom. The van der Waals surface area contributed by atoms with Crippen LogP contribution in [0.3, 0.4) is 0 Å². The first-order chi connectivity index (χ1) is 7.36. The highest BCUT2D eigenvalue weighted by molar-refractivity contribution is 5.79. The average Bonchev–Trinajstić information content (AvgIpc) is 2.21. The lowest BCUT2D eigenvalue weighted by Crippen LogP contribution is -2.38. The van der Waals surface area contributed by atoms with E-state index in [2.05, 4.69) is 4.74 Å². The number of benzene rings is 1. The van der Waals surface area contributed by atoms with Crippen molar-refractivity contribution in [3.8, 4) is 0 Å². The number of carbonyl (C=O) groups is 1. The van der Waals surface area contributed by atoms with Gasteiger partial charge >= 0.3 is 5.97 Å². The SMILES string of the molecule is COC(=O)C(C)(O)Cc1ccc(C)cc1F. The van der Waals surface area contributed by atoms with Crippen LogP contribution in [0, 0.1) is 12.7 Å². The number of rotatable bonds is 3. The molecule has 1 unspecified atom stereocenters. The van der Waals surface area contributed by atoms with Crippen molar-refractivity contribution in [2.24, 2.45) is 0 Å². The number of aliphatic hydroxyl groups is 1. The summed E-state index contributed by atoms with van der Waals surface area (Å²) in [6.45, 7) is 3.07. The molecule has 1 N–H and O–H groups in total. The molecule has 0 fully saturated rings. The van der Waals surface area contributed by atoms with E-state index in [0.717, 1.165) is 5.56 Å². The molecule has 0 bridgehead atoms. The van der Waals surface area contributed by atoms with Gasteiger partial charge in [0.1, 0.15) is 5.82 Å². The molecule has 88 valence electrons. The van der Waals surface area contributed by atoms with Crippen LogP contribution in [0.15, 0.2) is 18.2 Å². The number of hydrogen-bond donors (Lipinski definition) is 1. The molecule has 0 heterocycles. The Hall–Kier alpha value is -1.42. The number of halogens is 1. The van der Waals surface area contributed by atoms with Crippen molar-refractivity contribution in [3.63, 3.8) is 0 Å². The molecule has 0 aliphatic rings. The number of ether oxygens (including phenoxy) is 1.